The van der Waals surface area contributed by atoms with Gasteiger partial charge in [-0.1, -0.05) is 45.9 Å². The first-order valence-corrected chi connectivity index (χ1v) is 13.4. The molecular weight excluding hydrogens is 492 g/mol. The van der Waals surface area contributed by atoms with Crippen LogP contribution in [0.5, 0.6) is 23.0 Å². The molecule has 0 fully saturated rings. The molecule has 6 nitrogen and oxygen atoms in total. The summed E-state index contributed by atoms with van der Waals surface area (Å²) in [6.07, 6.45) is 3.69. The van der Waals surface area contributed by atoms with Gasteiger partial charge < -0.3 is 18.9 Å². The van der Waals surface area contributed by atoms with E-state index in [1.165, 1.54) is 0 Å². The molecule has 2 heterocycles. The summed E-state index contributed by atoms with van der Waals surface area (Å²) in [7, 11) is 3.31. The van der Waals surface area contributed by atoms with Crippen molar-refractivity contribution in [2.75, 3.05) is 13.6 Å². The lowest BCUT2D eigenvalue weighted by atomic mass is 10.2. The van der Waals surface area contributed by atoms with E-state index in [-0.39, 0.29) is 13.6 Å². The first-order chi connectivity index (χ1) is 17.8. The van der Waals surface area contributed by atoms with E-state index in [1.807, 2.05) is 85.2 Å². The molecule has 0 unspecified atom stereocenters. The monoisotopic (exact) mass is 512 g/mol. The van der Waals surface area contributed by atoms with Crippen molar-refractivity contribution < 1.29 is 18.9 Å². The summed E-state index contributed by atoms with van der Waals surface area (Å²) in [6.45, 7) is 0.518. The van der Waals surface area contributed by atoms with Gasteiger partial charge >= 0.3 is 0 Å². The van der Waals surface area contributed by atoms with Crippen molar-refractivity contribution >= 4 is 45.4 Å². The summed E-state index contributed by atoms with van der Waals surface area (Å²) in [5.74, 6) is 3.02. The van der Waals surface area contributed by atoms with Crippen molar-refractivity contribution in [1.82, 2.24) is 0 Å². The zero-order chi connectivity index (χ0) is 24.2. The average Bonchev–Trinajstić information content (AvgIpc) is 3.59. The maximum Gasteiger partial charge on any atom is 0.231 e. The molecule has 2 aliphatic heterocycles. The SMILES string of the molecule is C(=Nc1ccccc1SSc1ccccc1N=Cc1ccc2c(c1)OCO2)c1ccc2c(c1)OCO2. The quantitative estimate of drug-likeness (QED) is 0.189. The van der Waals surface area contributed by atoms with Gasteiger partial charge in [-0.15, -0.1) is 0 Å². The molecule has 4 aromatic carbocycles. The lowest BCUT2D eigenvalue weighted by molar-refractivity contribution is 0.173. The fourth-order valence-electron chi connectivity index (χ4n) is 3.63. The molecule has 0 radical (unpaired) electrons. The minimum atomic E-state index is 0.259. The molecule has 4 aromatic rings. The summed E-state index contributed by atoms with van der Waals surface area (Å²) in [6, 6.07) is 27.8. The number of hydrogen-bond acceptors (Lipinski definition) is 8. The predicted molar refractivity (Wildman–Crippen MR) is 144 cm³/mol. The van der Waals surface area contributed by atoms with Crippen LogP contribution in [0.2, 0.25) is 0 Å². The fraction of sp³-hybridized carbons (Fsp3) is 0.0714. The van der Waals surface area contributed by atoms with E-state index in [2.05, 4.69) is 12.1 Å². The van der Waals surface area contributed by atoms with Crippen LogP contribution >= 0.6 is 21.6 Å². The molecule has 0 spiro atoms. The molecule has 0 saturated carbocycles. The highest BCUT2D eigenvalue weighted by atomic mass is 33.1. The Kier molecular flexibility index (Phi) is 6.52. The molecule has 2 aliphatic rings. The average molecular weight is 513 g/mol. The zero-order valence-corrected chi connectivity index (χ0v) is 20.6. The minimum absolute atomic E-state index is 0.259. The molecule has 0 bridgehead atoms. The maximum absolute atomic E-state index is 5.47. The highest BCUT2D eigenvalue weighted by Crippen LogP contribution is 2.45. The Hall–Kier alpha value is -3.88. The fourth-order valence-corrected chi connectivity index (χ4v) is 5.88. The molecule has 36 heavy (non-hydrogen) atoms. The molecule has 0 saturated heterocycles. The zero-order valence-electron chi connectivity index (χ0n) is 19.0. The van der Waals surface area contributed by atoms with Crippen LogP contribution in [-0.2, 0) is 0 Å². The van der Waals surface area contributed by atoms with Gasteiger partial charge in [0.05, 0.1) is 11.4 Å². The van der Waals surface area contributed by atoms with Gasteiger partial charge in [0, 0.05) is 22.2 Å². The normalized spacial score (nSPS) is 13.7. The molecule has 0 aromatic heterocycles. The number of hydrogen-bond donors (Lipinski definition) is 0. The largest absolute Gasteiger partial charge is 0.454 e. The van der Waals surface area contributed by atoms with Crippen LogP contribution in [0.4, 0.5) is 11.4 Å². The van der Waals surface area contributed by atoms with Gasteiger partial charge in [-0.25, -0.2) is 0 Å². The number of para-hydroxylation sites is 2. The number of rotatable bonds is 7. The third kappa shape index (κ3) is 5.05. The second-order valence-corrected chi connectivity index (χ2v) is 10.1. The Bertz CT molecular complexity index is 1360. The van der Waals surface area contributed by atoms with Gasteiger partial charge in [0.1, 0.15) is 0 Å². The second kappa shape index (κ2) is 10.4. The van der Waals surface area contributed by atoms with Crippen molar-refractivity contribution in [3.8, 4) is 23.0 Å². The molecule has 0 N–H and O–H groups in total. The predicted octanol–water partition coefficient (Wildman–Crippen LogP) is 7.44. The highest BCUT2D eigenvalue weighted by Gasteiger charge is 2.14. The van der Waals surface area contributed by atoms with Gasteiger partial charge in [0.15, 0.2) is 23.0 Å². The van der Waals surface area contributed by atoms with Crippen LogP contribution in [0.15, 0.2) is 105 Å². The van der Waals surface area contributed by atoms with Gasteiger partial charge in [-0.2, -0.15) is 0 Å². The van der Waals surface area contributed by atoms with Crippen LogP contribution in [-0.4, -0.2) is 26.0 Å². The van der Waals surface area contributed by atoms with Crippen molar-refractivity contribution in [1.29, 1.82) is 0 Å². The molecule has 0 aliphatic carbocycles. The van der Waals surface area contributed by atoms with Crippen LogP contribution in [0.1, 0.15) is 11.1 Å². The molecule has 0 amide bonds. The van der Waals surface area contributed by atoms with E-state index in [1.54, 1.807) is 21.6 Å². The number of ether oxygens (including phenoxy) is 4. The topological polar surface area (TPSA) is 61.6 Å². The van der Waals surface area contributed by atoms with Crippen LogP contribution in [0, 0.1) is 0 Å². The minimum Gasteiger partial charge on any atom is -0.454 e. The molecule has 6 rings (SSSR count). The molecular formula is C28H20N2O4S2. The van der Waals surface area contributed by atoms with Crippen molar-refractivity contribution in [3.05, 3.63) is 96.1 Å². The second-order valence-electron chi connectivity index (χ2n) is 7.84. The van der Waals surface area contributed by atoms with Gasteiger partial charge in [0.2, 0.25) is 13.6 Å². The number of nitrogens with zero attached hydrogens (tertiary/aromatic N) is 2. The Morgan fingerprint density at radius 3 is 1.47 bits per heavy atom. The highest BCUT2D eigenvalue weighted by molar-refractivity contribution is 8.76. The van der Waals surface area contributed by atoms with E-state index in [9.17, 15) is 0 Å². The summed E-state index contributed by atoms with van der Waals surface area (Å²) in [4.78, 5) is 11.6. The van der Waals surface area contributed by atoms with Crippen molar-refractivity contribution in [2.24, 2.45) is 9.98 Å². The van der Waals surface area contributed by atoms with E-state index >= 15 is 0 Å². The van der Waals surface area contributed by atoms with E-state index in [0.717, 1.165) is 55.3 Å². The summed E-state index contributed by atoms with van der Waals surface area (Å²) in [5.41, 5.74) is 3.70. The van der Waals surface area contributed by atoms with E-state index in [4.69, 9.17) is 28.9 Å². The number of benzene rings is 4. The number of aliphatic imine (C=N–C) groups is 2. The standard InChI is InChI=1S/C28H20N2O4S2/c1-3-7-27(21(5-1)29-15-19-9-11-23-25(13-19)33-17-31-23)35-36-28-8-4-2-6-22(28)30-16-20-10-12-24-26(14-20)34-18-32-24/h1-16H,17-18H2. The van der Waals surface area contributed by atoms with Gasteiger partial charge in [0.25, 0.3) is 0 Å². The Morgan fingerprint density at radius 1 is 0.528 bits per heavy atom. The van der Waals surface area contributed by atoms with Crippen LogP contribution in [0.25, 0.3) is 0 Å². The Balaban J connectivity index is 1.17. The molecule has 8 heteroatoms. The lowest BCUT2D eigenvalue weighted by Crippen LogP contribution is -1.92. The summed E-state index contributed by atoms with van der Waals surface area (Å²) >= 11 is 0. The Labute approximate surface area is 216 Å². The van der Waals surface area contributed by atoms with Crippen molar-refractivity contribution in [3.63, 3.8) is 0 Å². The first-order valence-electron chi connectivity index (χ1n) is 11.2. The smallest absolute Gasteiger partial charge is 0.231 e. The van der Waals surface area contributed by atoms with Crippen molar-refractivity contribution in [2.45, 2.75) is 9.79 Å². The molecule has 178 valence electrons. The van der Waals surface area contributed by atoms with E-state index in [0.29, 0.717) is 0 Å². The third-order valence-electron chi connectivity index (χ3n) is 5.45. The van der Waals surface area contributed by atoms with Crippen LogP contribution < -0.4 is 18.9 Å². The van der Waals surface area contributed by atoms with Gasteiger partial charge in [-0.3, -0.25) is 9.98 Å². The third-order valence-corrected chi connectivity index (χ3v) is 7.91. The van der Waals surface area contributed by atoms with Gasteiger partial charge in [-0.05, 0) is 71.8 Å². The number of fused-ring (bicyclic) bond motifs is 2. The molecule has 0 atom stereocenters. The lowest BCUT2D eigenvalue weighted by Gasteiger charge is -2.07. The Morgan fingerprint density at radius 2 is 0.972 bits per heavy atom. The first kappa shape index (κ1) is 22.6. The van der Waals surface area contributed by atoms with E-state index < -0.39 is 0 Å². The van der Waals surface area contributed by atoms with Crippen LogP contribution in [0.3, 0.4) is 0 Å². The summed E-state index contributed by atoms with van der Waals surface area (Å²) in [5, 5.41) is 0. The maximum atomic E-state index is 5.47. The summed E-state index contributed by atoms with van der Waals surface area (Å²) < 4.78 is 21.7.